The summed E-state index contributed by atoms with van der Waals surface area (Å²) in [7, 11) is 0. The number of amides is 3. The normalized spacial score (nSPS) is 17.3. The van der Waals surface area contributed by atoms with Crippen LogP contribution < -0.4 is 16.1 Å². The number of ether oxygens (including phenoxy) is 1. The van der Waals surface area contributed by atoms with Crippen LogP contribution in [0.1, 0.15) is 46.8 Å². The lowest BCUT2D eigenvalue weighted by atomic mass is 9.97. The first-order chi connectivity index (χ1) is 17.2. The lowest BCUT2D eigenvalue weighted by Gasteiger charge is -2.25. The Labute approximate surface area is 210 Å². The molecule has 3 aromatic rings. The summed E-state index contributed by atoms with van der Waals surface area (Å²) in [5.41, 5.74) is 6.43. The Morgan fingerprint density at radius 1 is 0.944 bits per heavy atom. The zero-order chi connectivity index (χ0) is 25.8. The minimum Gasteiger partial charge on any atom is -0.378 e. The van der Waals surface area contributed by atoms with Gasteiger partial charge in [0.25, 0.3) is 5.91 Å². The summed E-state index contributed by atoms with van der Waals surface area (Å²) in [5.74, 6) is -1.47. The molecule has 0 spiro atoms. The molecular formula is C28H31N3O5. The number of hydrogen-bond acceptors (Lipinski definition) is 5. The highest BCUT2D eigenvalue weighted by Crippen LogP contribution is 2.26. The fourth-order valence-corrected chi connectivity index (χ4v) is 4.62. The van der Waals surface area contributed by atoms with E-state index in [4.69, 9.17) is 9.57 Å². The lowest BCUT2D eigenvalue weighted by Crippen LogP contribution is -2.35. The third kappa shape index (κ3) is 5.83. The Morgan fingerprint density at radius 2 is 1.61 bits per heavy atom. The molecule has 1 saturated heterocycles. The van der Waals surface area contributed by atoms with E-state index in [-0.39, 0.29) is 17.6 Å². The Kier molecular flexibility index (Phi) is 7.55. The molecule has 0 aliphatic carbocycles. The van der Waals surface area contributed by atoms with Gasteiger partial charge in [-0.05, 0) is 74.6 Å². The number of urea groups is 1. The van der Waals surface area contributed by atoms with Gasteiger partial charge in [-0.2, -0.15) is 5.48 Å². The van der Waals surface area contributed by atoms with Crippen molar-refractivity contribution in [1.82, 2.24) is 5.48 Å². The van der Waals surface area contributed by atoms with Crippen LogP contribution in [-0.2, 0) is 14.4 Å². The van der Waals surface area contributed by atoms with E-state index in [0.717, 1.165) is 27.5 Å². The second kappa shape index (κ2) is 10.8. The van der Waals surface area contributed by atoms with E-state index < -0.39 is 17.9 Å². The van der Waals surface area contributed by atoms with Crippen molar-refractivity contribution in [3.63, 3.8) is 0 Å². The highest BCUT2D eigenvalue weighted by molar-refractivity contribution is 6.09. The van der Waals surface area contributed by atoms with Gasteiger partial charge in [-0.25, -0.2) is 9.59 Å². The van der Waals surface area contributed by atoms with Gasteiger partial charge in [0.2, 0.25) is 0 Å². The summed E-state index contributed by atoms with van der Waals surface area (Å²) in [5, 5.41) is 7.33. The van der Waals surface area contributed by atoms with Crippen molar-refractivity contribution in [1.29, 1.82) is 0 Å². The van der Waals surface area contributed by atoms with Crippen LogP contribution in [0.4, 0.5) is 16.2 Å². The number of benzene rings is 3. The standard InChI is InChI=1S/C28H31N3O5/c1-16-11-17(2)25(18(3)12-16)30-28(34)29-24-15-21-8-6-5-7-20(21)14-23(24)26(32)31-36-27(33)22-9-10-35-19(4)13-22/h5-8,11-12,14-15,19,22H,9-10,13H2,1-4H3,(H,31,32)(H2,29,30,34). The average molecular weight is 490 g/mol. The molecule has 2 atom stereocenters. The maximum atomic E-state index is 13.1. The molecule has 3 N–H and O–H groups in total. The Morgan fingerprint density at radius 3 is 2.28 bits per heavy atom. The van der Waals surface area contributed by atoms with Crippen LogP contribution in [0.25, 0.3) is 10.8 Å². The molecule has 2 unspecified atom stereocenters. The second-order valence-corrected chi connectivity index (χ2v) is 9.35. The van der Waals surface area contributed by atoms with Gasteiger partial charge in [-0.3, -0.25) is 4.79 Å². The van der Waals surface area contributed by atoms with E-state index >= 15 is 0 Å². The van der Waals surface area contributed by atoms with Gasteiger partial charge in [-0.1, -0.05) is 42.0 Å². The van der Waals surface area contributed by atoms with Gasteiger partial charge in [0.05, 0.1) is 23.3 Å². The summed E-state index contributed by atoms with van der Waals surface area (Å²) < 4.78 is 5.47. The molecule has 0 saturated carbocycles. The Bertz CT molecular complexity index is 1300. The van der Waals surface area contributed by atoms with Crippen molar-refractivity contribution in [2.24, 2.45) is 5.92 Å². The molecule has 4 rings (SSSR count). The van der Waals surface area contributed by atoms with Crippen molar-refractivity contribution in [3.8, 4) is 0 Å². The van der Waals surface area contributed by atoms with Gasteiger partial charge < -0.3 is 20.2 Å². The number of aryl methyl sites for hydroxylation is 3. The molecular weight excluding hydrogens is 458 g/mol. The van der Waals surface area contributed by atoms with Gasteiger partial charge in [0, 0.05) is 12.3 Å². The summed E-state index contributed by atoms with van der Waals surface area (Å²) in [6.07, 6.45) is 1.04. The minimum absolute atomic E-state index is 0.0393. The molecule has 1 aliphatic rings. The van der Waals surface area contributed by atoms with Crippen LogP contribution in [0.15, 0.2) is 48.5 Å². The first-order valence-corrected chi connectivity index (χ1v) is 12.0. The Balaban J connectivity index is 1.53. The molecule has 1 aliphatic heterocycles. The number of carbonyl (C=O) groups is 3. The van der Waals surface area contributed by atoms with Crippen LogP contribution >= 0.6 is 0 Å². The molecule has 188 valence electrons. The van der Waals surface area contributed by atoms with Crippen molar-refractivity contribution in [2.75, 3.05) is 17.2 Å². The largest absolute Gasteiger partial charge is 0.378 e. The predicted octanol–water partition coefficient (Wildman–Crippen LogP) is 5.41. The molecule has 1 fully saturated rings. The topological polar surface area (TPSA) is 106 Å². The zero-order valence-electron chi connectivity index (χ0n) is 20.9. The molecule has 1 heterocycles. The third-order valence-corrected chi connectivity index (χ3v) is 6.36. The maximum absolute atomic E-state index is 13.1. The van der Waals surface area contributed by atoms with Crippen molar-refractivity contribution >= 4 is 40.1 Å². The van der Waals surface area contributed by atoms with Crippen LogP contribution in [-0.4, -0.2) is 30.6 Å². The number of anilines is 2. The fourth-order valence-electron chi connectivity index (χ4n) is 4.62. The molecule has 8 heteroatoms. The fraction of sp³-hybridized carbons (Fsp3) is 0.321. The quantitative estimate of drug-likeness (QED) is 0.425. The van der Waals surface area contributed by atoms with Crippen molar-refractivity contribution < 1.29 is 24.0 Å². The van der Waals surface area contributed by atoms with Gasteiger partial charge >= 0.3 is 12.0 Å². The van der Waals surface area contributed by atoms with Gasteiger partial charge in [-0.15, -0.1) is 0 Å². The van der Waals surface area contributed by atoms with E-state index in [0.29, 0.717) is 30.8 Å². The molecule has 3 amide bonds. The average Bonchev–Trinajstić information content (AvgIpc) is 2.84. The summed E-state index contributed by atoms with van der Waals surface area (Å²) in [6.45, 7) is 8.23. The van der Waals surface area contributed by atoms with Gasteiger partial charge in [0.1, 0.15) is 0 Å². The first kappa shape index (κ1) is 25.2. The third-order valence-electron chi connectivity index (χ3n) is 6.36. The van der Waals surface area contributed by atoms with E-state index in [2.05, 4.69) is 16.1 Å². The minimum atomic E-state index is -0.632. The number of fused-ring (bicyclic) bond motifs is 1. The number of carbonyl (C=O) groups excluding carboxylic acids is 3. The molecule has 3 aromatic carbocycles. The van der Waals surface area contributed by atoms with Crippen LogP contribution in [0.2, 0.25) is 0 Å². The Hall–Kier alpha value is -3.91. The maximum Gasteiger partial charge on any atom is 0.335 e. The molecule has 8 nitrogen and oxygen atoms in total. The lowest BCUT2D eigenvalue weighted by molar-refractivity contribution is -0.158. The van der Waals surface area contributed by atoms with Crippen LogP contribution in [0, 0.1) is 26.7 Å². The van der Waals surface area contributed by atoms with Crippen molar-refractivity contribution in [2.45, 2.75) is 46.6 Å². The number of hydrogen-bond donors (Lipinski definition) is 3. The highest BCUT2D eigenvalue weighted by atomic mass is 16.7. The van der Waals surface area contributed by atoms with E-state index in [1.165, 1.54) is 0 Å². The molecule has 36 heavy (non-hydrogen) atoms. The highest BCUT2D eigenvalue weighted by Gasteiger charge is 2.28. The first-order valence-electron chi connectivity index (χ1n) is 12.0. The SMILES string of the molecule is Cc1cc(C)c(NC(=O)Nc2cc3ccccc3cc2C(=O)NOC(=O)C2CCOC(C)C2)c(C)c1. The summed E-state index contributed by atoms with van der Waals surface area (Å²) in [4.78, 5) is 43.6. The van der Waals surface area contributed by atoms with Gasteiger partial charge in [0.15, 0.2) is 0 Å². The van der Waals surface area contributed by atoms with E-state index in [1.54, 1.807) is 12.1 Å². The predicted molar refractivity (Wildman–Crippen MR) is 139 cm³/mol. The van der Waals surface area contributed by atoms with E-state index in [1.807, 2.05) is 64.1 Å². The summed E-state index contributed by atoms with van der Waals surface area (Å²) in [6, 6.07) is 14.4. The monoisotopic (exact) mass is 489 g/mol. The van der Waals surface area contributed by atoms with Crippen LogP contribution in [0.3, 0.4) is 0 Å². The smallest absolute Gasteiger partial charge is 0.335 e. The van der Waals surface area contributed by atoms with E-state index in [9.17, 15) is 14.4 Å². The molecule has 0 radical (unpaired) electrons. The number of rotatable bonds is 4. The zero-order valence-corrected chi connectivity index (χ0v) is 20.9. The second-order valence-electron chi connectivity index (χ2n) is 9.35. The molecule has 0 aromatic heterocycles. The van der Waals surface area contributed by atoms with Crippen molar-refractivity contribution in [3.05, 3.63) is 70.8 Å². The van der Waals surface area contributed by atoms with Crippen LogP contribution in [0.5, 0.6) is 0 Å². The molecule has 0 bridgehead atoms. The summed E-state index contributed by atoms with van der Waals surface area (Å²) >= 11 is 0. The number of hydroxylamine groups is 1. The number of nitrogens with one attached hydrogen (secondary N) is 3.